The first-order valence-electron chi connectivity index (χ1n) is 18.4. The quantitative estimate of drug-likeness (QED) is 0.0778. The SMILES string of the molecule is CCCN(Cc1ccc(Oc2ccccc2)cc1)C(=O)[C@@H]1[C@H](C(=O)O)[C@@H](C(=O)OC(OC)C(=O)O)[C@H]1C(=O)N(CCC)Cc1ccc(Oc2ccccc2)cc1. The highest BCUT2D eigenvalue weighted by Crippen LogP contribution is 2.49. The fraction of sp³-hybridized carbons (Fsp3) is 0.326. The molecule has 2 N–H and O–H groups in total. The Hall–Kier alpha value is -6.21. The van der Waals surface area contributed by atoms with Gasteiger partial charge in [-0.05, 0) is 72.5 Å². The lowest BCUT2D eigenvalue weighted by atomic mass is 9.55. The van der Waals surface area contributed by atoms with Crippen LogP contribution in [0.5, 0.6) is 23.0 Å². The highest BCUT2D eigenvalue weighted by Gasteiger charge is 2.65. The maximum absolute atomic E-state index is 14.6. The second kappa shape index (κ2) is 19.4. The zero-order valence-corrected chi connectivity index (χ0v) is 31.5. The highest BCUT2D eigenvalue weighted by molar-refractivity contribution is 6.00. The lowest BCUT2D eigenvalue weighted by Crippen LogP contribution is -2.64. The molecule has 0 spiro atoms. The molecule has 13 nitrogen and oxygen atoms in total. The molecule has 56 heavy (non-hydrogen) atoms. The van der Waals surface area contributed by atoms with Gasteiger partial charge in [-0.3, -0.25) is 19.2 Å². The van der Waals surface area contributed by atoms with Gasteiger partial charge in [-0.25, -0.2) is 4.79 Å². The summed E-state index contributed by atoms with van der Waals surface area (Å²) < 4.78 is 21.7. The van der Waals surface area contributed by atoms with Crippen LogP contribution in [0.25, 0.3) is 0 Å². The summed E-state index contributed by atoms with van der Waals surface area (Å²) in [6.07, 6.45) is -1.01. The minimum Gasteiger partial charge on any atom is -0.481 e. The van der Waals surface area contributed by atoms with E-state index < -0.39 is 59.7 Å². The van der Waals surface area contributed by atoms with Crippen molar-refractivity contribution in [3.05, 3.63) is 120 Å². The number of aliphatic carboxylic acids is 2. The number of carbonyl (C=O) groups excluding carboxylic acids is 3. The number of carboxylic acid groups (broad SMARTS) is 2. The Bertz CT molecular complexity index is 1940. The van der Waals surface area contributed by atoms with Crippen LogP contribution in [0.1, 0.15) is 37.8 Å². The largest absolute Gasteiger partial charge is 0.481 e. The van der Waals surface area contributed by atoms with E-state index in [9.17, 15) is 34.2 Å². The average Bonchev–Trinajstić information content (AvgIpc) is 3.18. The molecule has 0 aromatic heterocycles. The summed E-state index contributed by atoms with van der Waals surface area (Å²) in [5.74, 6) is -9.40. The fourth-order valence-electron chi connectivity index (χ4n) is 6.86. The summed E-state index contributed by atoms with van der Waals surface area (Å²) in [5, 5.41) is 20.0. The van der Waals surface area contributed by atoms with Crippen molar-refractivity contribution in [1.29, 1.82) is 0 Å². The molecule has 1 aliphatic carbocycles. The Morgan fingerprint density at radius 1 is 0.571 bits per heavy atom. The van der Waals surface area contributed by atoms with Gasteiger partial charge in [-0.2, -0.15) is 0 Å². The van der Waals surface area contributed by atoms with E-state index in [1.165, 1.54) is 9.80 Å². The standard InChI is InChI=1S/C43H46N2O11/c1-4-24-44(26-28-16-20-32(21-17-28)54-30-12-8-6-9-13-30)38(46)34-35(37(36(34)40(48)49)42(52)56-43(53-3)41(50)51)39(47)45(25-5-2)27-29-18-22-33(23-19-29)55-31-14-10-7-11-15-31/h6-23,34-37,43H,4-5,24-27H2,1-3H3,(H,48,49)(H,50,51)/t34-,35-,36-,37-,43?/m0/s1. The Kier molecular flexibility index (Phi) is 14.2. The van der Waals surface area contributed by atoms with Crippen molar-refractivity contribution in [2.24, 2.45) is 23.7 Å². The van der Waals surface area contributed by atoms with E-state index in [1.54, 1.807) is 48.5 Å². The number of esters is 1. The summed E-state index contributed by atoms with van der Waals surface area (Å²) in [7, 11) is 1.01. The molecule has 1 saturated carbocycles. The van der Waals surface area contributed by atoms with Crippen LogP contribution in [0, 0.1) is 23.7 Å². The number of nitrogens with zero attached hydrogens (tertiary/aromatic N) is 2. The number of carbonyl (C=O) groups is 5. The molecule has 5 atom stereocenters. The van der Waals surface area contributed by atoms with Gasteiger partial charge in [-0.1, -0.05) is 74.5 Å². The zero-order chi connectivity index (χ0) is 40.2. The molecule has 4 aromatic rings. The van der Waals surface area contributed by atoms with Crippen molar-refractivity contribution >= 4 is 29.7 Å². The molecule has 294 valence electrons. The molecule has 0 heterocycles. The van der Waals surface area contributed by atoms with Crippen LogP contribution in [0.2, 0.25) is 0 Å². The van der Waals surface area contributed by atoms with Gasteiger partial charge in [-0.15, -0.1) is 0 Å². The van der Waals surface area contributed by atoms with Crippen molar-refractivity contribution in [2.75, 3.05) is 20.2 Å². The molecule has 13 heteroatoms. The fourth-order valence-corrected chi connectivity index (χ4v) is 6.86. The van der Waals surface area contributed by atoms with E-state index in [0.717, 1.165) is 18.2 Å². The van der Waals surface area contributed by atoms with Crippen LogP contribution in [0.3, 0.4) is 0 Å². The maximum Gasteiger partial charge on any atom is 0.373 e. The second-order valence-electron chi connectivity index (χ2n) is 13.4. The Morgan fingerprint density at radius 2 is 0.964 bits per heavy atom. The number of carboxylic acids is 2. The van der Waals surface area contributed by atoms with E-state index in [4.69, 9.17) is 18.9 Å². The predicted molar refractivity (Wildman–Crippen MR) is 203 cm³/mol. The number of para-hydroxylation sites is 2. The summed E-state index contributed by atoms with van der Waals surface area (Å²) in [4.78, 5) is 70.3. The zero-order valence-electron chi connectivity index (χ0n) is 31.5. The van der Waals surface area contributed by atoms with Gasteiger partial charge in [0.05, 0.1) is 23.7 Å². The van der Waals surface area contributed by atoms with Crippen molar-refractivity contribution in [1.82, 2.24) is 9.80 Å². The summed E-state index contributed by atoms with van der Waals surface area (Å²) in [6, 6.07) is 32.7. The summed E-state index contributed by atoms with van der Waals surface area (Å²) in [6.45, 7) is 4.37. The lowest BCUT2D eigenvalue weighted by molar-refractivity contribution is -0.209. The number of hydrogen-bond acceptors (Lipinski definition) is 9. The van der Waals surface area contributed by atoms with Crippen LogP contribution in [-0.4, -0.2) is 76.2 Å². The Labute approximate surface area is 325 Å². The molecule has 1 aliphatic rings. The Balaban J connectivity index is 1.42. The molecule has 4 aromatic carbocycles. The molecular weight excluding hydrogens is 720 g/mol. The van der Waals surface area contributed by atoms with Crippen LogP contribution < -0.4 is 9.47 Å². The predicted octanol–water partition coefficient (Wildman–Crippen LogP) is 6.61. The molecule has 1 unspecified atom stereocenters. The first kappa shape index (κ1) is 41.0. The van der Waals surface area contributed by atoms with E-state index in [0.29, 0.717) is 35.8 Å². The van der Waals surface area contributed by atoms with E-state index in [-0.39, 0.29) is 26.2 Å². The number of hydrogen-bond donors (Lipinski definition) is 2. The minimum absolute atomic E-state index is 0.0844. The molecule has 2 amide bonds. The smallest absolute Gasteiger partial charge is 0.373 e. The second-order valence-corrected chi connectivity index (χ2v) is 13.4. The van der Waals surface area contributed by atoms with Crippen molar-refractivity contribution in [3.63, 3.8) is 0 Å². The van der Waals surface area contributed by atoms with Gasteiger partial charge >= 0.3 is 24.2 Å². The molecule has 5 rings (SSSR count). The van der Waals surface area contributed by atoms with Crippen molar-refractivity contribution in [3.8, 4) is 23.0 Å². The van der Waals surface area contributed by atoms with Crippen molar-refractivity contribution < 1.29 is 53.1 Å². The number of methoxy groups -OCH3 is 1. The van der Waals surface area contributed by atoms with Gasteiger partial charge in [0.2, 0.25) is 11.8 Å². The molecule has 1 fully saturated rings. The van der Waals surface area contributed by atoms with Crippen LogP contribution in [0.15, 0.2) is 109 Å². The van der Waals surface area contributed by atoms with Gasteiger partial charge in [0.1, 0.15) is 23.0 Å². The van der Waals surface area contributed by atoms with Gasteiger partial charge in [0.25, 0.3) is 0 Å². The first-order chi connectivity index (χ1) is 27.0. The third-order valence-electron chi connectivity index (χ3n) is 9.48. The van der Waals surface area contributed by atoms with Crippen molar-refractivity contribution in [2.45, 2.75) is 46.1 Å². The summed E-state index contributed by atoms with van der Waals surface area (Å²) in [5.41, 5.74) is 1.45. The third-order valence-corrected chi connectivity index (χ3v) is 9.48. The van der Waals surface area contributed by atoms with Crippen LogP contribution in [-0.2, 0) is 46.5 Å². The molecule has 0 saturated heterocycles. The van der Waals surface area contributed by atoms with Crippen LogP contribution in [0.4, 0.5) is 0 Å². The van der Waals surface area contributed by atoms with Crippen LogP contribution >= 0.6 is 0 Å². The number of benzene rings is 4. The van der Waals surface area contributed by atoms with Gasteiger partial charge in [0, 0.05) is 33.3 Å². The normalized spacial score (nSPS) is 17.8. The Morgan fingerprint density at radius 3 is 1.32 bits per heavy atom. The average molecular weight is 767 g/mol. The lowest BCUT2D eigenvalue weighted by Gasteiger charge is -2.49. The minimum atomic E-state index is -2.05. The number of rotatable bonds is 19. The van der Waals surface area contributed by atoms with Gasteiger partial charge in [0.15, 0.2) is 0 Å². The molecule has 0 radical (unpaired) electrons. The summed E-state index contributed by atoms with van der Waals surface area (Å²) >= 11 is 0. The molecular formula is C43H46N2O11. The number of ether oxygens (including phenoxy) is 4. The maximum atomic E-state index is 14.6. The monoisotopic (exact) mass is 766 g/mol. The van der Waals surface area contributed by atoms with E-state index in [2.05, 4.69) is 0 Å². The topological polar surface area (TPSA) is 169 Å². The molecule has 0 aliphatic heterocycles. The third kappa shape index (κ3) is 10.1. The molecule has 0 bridgehead atoms. The highest BCUT2D eigenvalue weighted by atomic mass is 16.7. The van der Waals surface area contributed by atoms with Gasteiger partial charge < -0.3 is 39.0 Å². The van der Waals surface area contributed by atoms with E-state index in [1.807, 2.05) is 74.5 Å². The number of amides is 2. The van der Waals surface area contributed by atoms with E-state index >= 15 is 0 Å². The first-order valence-corrected chi connectivity index (χ1v) is 18.4.